The zero-order valence-corrected chi connectivity index (χ0v) is 24.9. The van der Waals surface area contributed by atoms with Gasteiger partial charge in [-0.1, -0.05) is 147 Å². The number of carbonyl (C=O) groups excluding carboxylic acids is 2. The van der Waals surface area contributed by atoms with Crippen LogP contribution in [0.1, 0.15) is 41.5 Å². The topological polar surface area (TPSA) is 58.2 Å². The molecule has 0 spiro atoms. The summed E-state index contributed by atoms with van der Waals surface area (Å²) >= 11 is 0. The third kappa shape index (κ3) is 17.4. The summed E-state index contributed by atoms with van der Waals surface area (Å²) in [4.78, 5) is 24.7. The van der Waals surface area contributed by atoms with Gasteiger partial charge in [0.15, 0.2) is 0 Å². The number of carbonyl (C=O) groups is 2. The number of rotatable bonds is 0. The first-order chi connectivity index (χ1) is 19.2. The fraction of sp³-hybridized carbons (Fsp3) is 0.278. The highest BCUT2D eigenvalue weighted by molar-refractivity contribution is 5.93. The maximum absolute atomic E-state index is 12.4. The van der Waals surface area contributed by atoms with Gasteiger partial charge >= 0.3 is 0 Å². The first kappa shape index (κ1) is 33.8. The van der Waals surface area contributed by atoms with Crippen molar-refractivity contribution in [3.63, 3.8) is 0 Å². The van der Waals surface area contributed by atoms with Crippen molar-refractivity contribution in [2.24, 2.45) is 11.8 Å². The Kier molecular flexibility index (Phi) is 17.6. The average Bonchev–Trinajstić information content (AvgIpc) is 2.92. The van der Waals surface area contributed by atoms with Gasteiger partial charge in [-0.2, -0.15) is 0 Å². The Bertz CT molecular complexity index is 1100. The Labute approximate surface area is 242 Å². The Morgan fingerprint density at radius 3 is 1.25 bits per heavy atom. The van der Waals surface area contributed by atoms with Gasteiger partial charge in [-0.05, 0) is 39.5 Å². The smallest absolute Gasteiger partial charge is 0.246 e. The minimum absolute atomic E-state index is 0.0624. The third-order valence-electron chi connectivity index (χ3n) is 5.78. The Balaban J connectivity index is 2.96. The molecule has 0 aliphatic carbocycles. The lowest BCUT2D eigenvalue weighted by Gasteiger charge is -2.08. The van der Waals surface area contributed by atoms with Crippen LogP contribution in [0.15, 0.2) is 144 Å². The van der Waals surface area contributed by atoms with Crippen LogP contribution in [0.25, 0.3) is 0 Å². The van der Waals surface area contributed by atoms with Crippen LogP contribution in [0, 0.1) is 11.8 Å². The minimum atomic E-state index is -0.0624. The van der Waals surface area contributed by atoms with Crippen molar-refractivity contribution < 1.29 is 9.59 Å². The van der Waals surface area contributed by atoms with E-state index in [9.17, 15) is 9.59 Å². The highest BCUT2D eigenvalue weighted by Crippen LogP contribution is 2.03. The van der Waals surface area contributed by atoms with Gasteiger partial charge in [0, 0.05) is 24.2 Å². The highest BCUT2D eigenvalue weighted by atomic mass is 16.2. The van der Waals surface area contributed by atoms with Crippen LogP contribution in [0.5, 0.6) is 0 Å². The van der Waals surface area contributed by atoms with Crippen molar-refractivity contribution >= 4 is 11.8 Å². The quantitative estimate of drug-likeness (QED) is 0.331. The molecule has 0 saturated heterocycles. The molecule has 0 fully saturated rings. The highest BCUT2D eigenvalue weighted by Gasteiger charge is 2.05. The standard InChI is InChI=1S/C36H46N2O2/c1-29-19-13-9-7-11-15-21-31(3)28-38-36(40)34(6)26-18-24-30(2)20-14-10-8-12-16-22-32(4)27-37-35(39)33(5)25-17-23-29/h7-26,31-32H,27-28H2,1-6H3,(H,37,39)(H,38,40)/b11-7-,12-8-,13-9-,14-10-,21-15-,22-16-,23-17-,24-18-,29-19-,30-20-,33-25-,34-26-/t31-,32-/m0/s1. The molecule has 0 aromatic rings. The van der Waals surface area contributed by atoms with E-state index in [4.69, 9.17) is 0 Å². The fourth-order valence-corrected chi connectivity index (χ4v) is 3.18. The molecule has 1 aliphatic heterocycles. The molecule has 0 aromatic carbocycles. The minimum Gasteiger partial charge on any atom is -0.352 e. The molecule has 2 amide bonds. The first-order valence-corrected chi connectivity index (χ1v) is 13.8. The van der Waals surface area contributed by atoms with Gasteiger partial charge in [0.25, 0.3) is 0 Å². The Hall–Kier alpha value is -4.18. The molecule has 2 atom stereocenters. The maximum Gasteiger partial charge on any atom is 0.246 e. The molecule has 0 aromatic heterocycles. The van der Waals surface area contributed by atoms with Crippen LogP contribution in [-0.2, 0) is 9.59 Å². The molecular formula is C36H46N2O2. The molecule has 0 bridgehead atoms. The number of hydrogen-bond acceptors (Lipinski definition) is 2. The van der Waals surface area contributed by atoms with Gasteiger partial charge < -0.3 is 10.6 Å². The summed E-state index contributed by atoms with van der Waals surface area (Å²) in [5.74, 6) is 0.303. The molecule has 0 saturated carbocycles. The van der Waals surface area contributed by atoms with Crippen molar-refractivity contribution in [3.8, 4) is 0 Å². The molecule has 2 N–H and O–H groups in total. The average molecular weight is 539 g/mol. The van der Waals surface area contributed by atoms with Gasteiger partial charge in [0.1, 0.15) is 0 Å². The van der Waals surface area contributed by atoms with E-state index in [-0.39, 0.29) is 23.7 Å². The van der Waals surface area contributed by atoms with Crippen LogP contribution in [0.2, 0.25) is 0 Å². The predicted molar refractivity (Wildman–Crippen MR) is 172 cm³/mol. The van der Waals surface area contributed by atoms with Crippen LogP contribution in [-0.4, -0.2) is 24.9 Å². The summed E-state index contributed by atoms with van der Waals surface area (Å²) in [5, 5.41) is 5.97. The summed E-state index contributed by atoms with van der Waals surface area (Å²) in [6, 6.07) is 0. The summed E-state index contributed by atoms with van der Waals surface area (Å²) in [7, 11) is 0. The lowest BCUT2D eigenvalue weighted by molar-refractivity contribution is -0.118. The second-order valence-corrected chi connectivity index (χ2v) is 9.92. The number of amides is 2. The second-order valence-electron chi connectivity index (χ2n) is 9.92. The van der Waals surface area contributed by atoms with E-state index < -0.39 is 0 Å². The number of nitrogens with one attached hydrogen (secondary N) is 2. The van der Waals surface area contributed by atoms with Gasteiger partial charge in [-0.25, -0.2) is 0 Å². The van der Waals surface area contributed by atoms with Crippen molar-refractivity contribution in [2.45, 2.75) is 41.5 Å². The monoisotopic (exact) mass is 538 g/mol. The van der Waals surface area contributed by atoms with Crippen molar-refractivity contribution in [3.05, 3.63) is 144 Å². The van der Waals surface area contributed by atoms with Crippen molar-refractivity contribution in [2.75, 3.05) is 13.1 Å². The van der Waals surface area contributed by atoms with E-state index in [1.165, 1.54) is 0 Å². The first-order valence-electron chi connectivity index (χ1n) is 13.8. The lowest BCUT2D eigenvalue weighted by atomic mass is 10.1. The summed E-state index contributed by atoms with van der Waals surface area (Å²) < 4.78 is 0. The van der Waals surface area contributed by atoms with E-state index in [2.05, 4.69) is 36.6 Å². The molecule has 40 heavy (non-hydrogen) atoms. The predicted octanol–water partition coefficient (Wildman–Crippen LogP) is 7.74. The van der Waals surface area contributed by atoms with Gasteiger partial charge in [0.2, 0.25) is 11.8 Å². The molecule has 4 nitrogen and oxygen atoms in total. The summed E-state index contributed by atoms with van der Waals surface area (Å²) in [6.45, 7) is 12.9. The normalized spacial score (nSPS) is 33.0. The SMILES string of the molecule is CC1=C/C=C\C=C/C=C\[C@H](C)CNC(=O)\C(C)=C/C=C\C(C)=C/C=C\C=C/C=C\[C@H](C)CNC(=O)\C(C)=C/C=C\1. The second kappa shape index (κ2) is 20.7. The Morgan fingerprint density at radius 1 is 0.500 bits per heavy atom. The van der Waals surface area contributed by atoms with Crippen LogP contribution >= 0.6 is 0 Å². The lowest BCUT2D eigenvalue weighted by Crippen LogP contribution is -2.28. The zero-order chi connectivity index (χ0) is 29.6. The fourth-order valence-electron chi connectivity index (χ4n) is 3.18. The van der Waals surface area contributed by atoms with Gasteiger partial charge in [-0.15, -0.1) is 0 Å². The van der Waals surface area contributed by atoms with E-state index >= 15 is 0 Å². The summed E-state index contributed by atoms with van der Waals surface area (Å²) in [6.07, 6.45) is 39.2. The third-order valence-corrected chi connectivity index (χ3v) is 5.78. The maximum atomic E-state index is 12.4. The van der Waals surface area contributed by atoms with Crippen molar-refractivity contribution in [1.82, 2.24) is 10.6 Å². The van der Waals surface area contributed by atoms with Crippen LogP contribution in [0.3, 0.4) is 0 Å². The van der Waals surface area contributed by atoms with Crippen LogP contribution < -0.4 is 10.6 Å². The number of allylic oxidation sites excluding steroid dienone is 20. The van der Waals surface area contributed by atoms with Crippen LogP contribution in [0.4, 0.5) is 0 Å². The summed E-state index contributed by atoms with van der Waals surface area (Å²) in [5.41, 5.74) is 3.49. The molecule has 212 valence electrons. The molecule has 1 rings (SSSR count). The number of hydrogen-bond donors (Lipinski definition) is 2. The molecule has 0 radical (unpaired) electrons. The van der Waals surface area contributed by atoms with E-state index in [1.54, 1.807) is 0 Å². The molecular weight excluding hydrogens is 492 g/mol. The van der Waals surface area contributed by atoms with E-state index in [1.807, 2.05) is 137 Å². The molecule has 1 heterocycles. The molecule has 0 unspecified atom stereocenters. The zero-order valence-electron chi connectivity index (χ0n) is 24.9. The van der Waals surface area contributed by atoms with Crippen molar-refractivity contribution in [1.29, 1.82) is 0 Å². The van der Waals surface area contributed by atoms with E-state index in [0.717, 1.165) is 11.1 Å². The molecule has 4 heteroatoms. The molecule has 1 aliphatic rings. The van der Waals surface area contributed by atoms with Gasteiger partial charge in [-0.3, -0.25) is 9.59 Å². The van der Waals surface area contributed by atoms with E-state index in [0.29, 0.717) is 24.2 Å². The largest absolute Gasteiger partial charge is 0.352 e. The van der Waals surface area contributed by atoms with Gasteiger partial charge in [0.05, 0.1) is 0 Å². The Morgan fingerprint density at radius 2 is 0.850 bits per heavy atom.